The molecule has 10 heteroatoms. The fourth-order valence-corrected chi connectivity index (χ4v) is 10.2. The quantitative estimate of drug-likeness (QED) is 0.0904. The van der Waals surface area contributed by atoms with Crippen molar-refractivity contribution in [1.82, 2.24) is 14.1 Å². The number of para-hydroxylation sites is 3. The number of hydrogen-bond acceptors (Lipinski definition) is 5. The molecule has 3 aliphatic rings. The molecule has 12 aromatic rings. The van der Waals surface area contributed by atoms with E-state index >= 15 is 0 Å². The van der Waals surface area contributed by atoms with Crippen LogP contribution in [0, 0.1) is 18.5 Å². The maximum absolute atomic E-state index is 9.05. The minimum absolute atomic E-state index is 0. The summed E-state index contributed by atoms with van der Waals surface area (Å²) in [5.74, 6) is 4.91. The van der Waals surface area contributed by atoms with Gasteiger partial charge in [0, 0.05) is 66.6 Å². The molecule has 332 valence electrons. The van der Waals surface area contributed by atoms with E-state index in [0.29, 0.717) is 62.6 Å². The van der Waals surface area contributed by atoms with Crippen LogP contribution < -0.4 is 39.9 Å². The van der Waals surface area contributed by atoms with Crippen molar-refractivity contribution in [1.29, 1.82) is 0 Å². The molecule has 0 unspecified atom stereocenters. The number of aromatic nitrogens is 4. The molecule has 0 N–H and O–H groups in total. The largest absolute Gasteiger partial charge is 0.510 e. The van der Waals surface area contributed by atoms with Gasteiger partial charge in [-0.25, -0.2) is 4.98 Å². The Hall–Kier alpha value is -8.65. The zero-order valence-electron chi connectivity index (χ0n) is 46.1. The van der Waals surface area contributed by atoms with Gasteiger partial charge in [-0.3, -0.25) is 4.57 Å². The second kappa shape index (κ2) is 15.7. The van der Waals surface area contributed by atoms with Crippen molar-refractivity contribution in [2.75, 3.05) is 0 Å². The van der Waals surface area contributed by atoms with Gasteiger partial charge in [0.1, 0.15) is 40.1 Å². The maximum atomic E-state index is 9.05. The molecular formula is C60H33BN4O4Pt-2. The number of pyridine rings is 1. The summed E-state index contributed by atoms with van der Waals surface area (Å²) in [7, 11) is 0. The van der Waals surface area contributed by atoms with Gasteiger partial charge in [0.05, 0.1) is 41.3 Å². The van der Waals surface area contributed by atoms with Crippen LogP contribution in [0.3, 0.4) is 0 Å². The first-order valence-electron chi connectivity index (χ1n) is 27.1. The van der Waals surface area contributed by atoms with Crippen molar-refractivity contribution in [2.24, 2.45) is 0 Å². The Balaban J connectivity index is 0.00000577. The second-order valence-electron chi connectivity index (χ2n) is 16.7. The Morgan fingerprint density at radius 3 is 1.87 bits per heavy atom. The van der Waals surface area contributed by atoms with E-state index in [1.807, 2.05) is 83.4 Å². The minimum Gasteiger partial charge on any atom is -0.510 e. The minimum atomic E-state index is -0.582. The van der Waals surface area contributed by atoms with Crippen LogP contribution in [-0.4, -0.2) is 20.8 Å². The van der Waals surface area contributed by atoms with Crippen LogP contribution in [0.5, 0.6) is 46.0 Å². The van der Waals surface area contributed by atoms with Crippen LogP contribution in [0.4, 0.5) is 0 Å². The Kier molecular flexibility index (Phi) is 7.05. The fraction of sp³-hybridized carbons (Fsp3) is 0. The van der Waals surface area contributed by atoms with Crippen molar-refractivity contribution >= 4 is 56.1 Å². The normalized spacial score (nSPS) is 14.5. The van der Waals surface area contributed by atoms with Gasteiger partial charge < -0.3 is 28.1 Å². The van der Waals surface area contributed by atoms with Crippen LogP contribution >= 0.6 is 0 Å². The Bertz CT molecular complexity index is 4580. The molecule has 8 nitrogen and oxygen atoms in total. The van der Waals surface area contributed by atoms with Gasteiger partial charge in [0.2, 0.25) is 0 Å². The van der Waals surface area contributed by atoms with Crippen LogP contribution in [0.1, 0.15) is 13.7 Å². The topological polar surface area (TPSA) is 63.6 Å². The third kappa shape index (κ3) is 6.01. The molecule has 0 spiro atoms. The molecule has 0 aliphatic carbocycles. The number of fused-ring (bicyclic) bond motifs is 5. The number of hydrogen-bond donors (Lipinski definition) is 0. The average molecular weight is 1090 g/mol. The first-order valence-corrected chi connectivity index (χ1v) is 22.1. The summed E-state index contributed by atoms with van der Waals surface area (Å²) in [4.78, 5) is 4.92. The maximum Gasteiger partial charge on any atom is 0.270 e. The number of rotatable bonds is 7. The molecule has 15 rings (SSSR count). The van der Waals surface area contributed by atoms with Gasteiger partial charge in [-0.15, -0.1) is 30.3 Å². The first-order chi connectivity index (χ1) is 38.4. The van der Waals surface area contributed by atoms with E-state index in [2.05, 4.69) is 18.5 Å². The van der Waals surface area contributed by atoms with Gasteiger partial charge in [0.25, 0.3) is 13.0 Å². The zero-order chi connectivity index (χ0) is 53.9. The standard InChI is InChI=1S/C60H33BN4O4.Pt/c1-3-15-37(16-4-1)43-23-11-24-44(38-17-5-2-6-18-38)58(43)64-36-63(46-26-7-8-27-47(46)64)39-19-9-21-41(33-39)66-42-22-10-20-40(34-42)65-48-35-53-57-59(54(48)45-25-14-32-62-60(45)65)69-52-31-13-29-50-56(52)61(57)55-49(67-50)28-12-30-51(55)68-53;/h1-32,35H;/q-2;/i1D,2D,3D,4D,5D,6D,15D,16D,17D,18D;. The van der Waals surface area contributed by atoms with Crippen molar-refractivity contribution < 1.29 is 58.3 Å². The molecule has 6 heterocycles. The molecule has 70 heavy (non-hydrogen) atoms. The number of benzene rings is 9. The second-order valence-corrected chi connectivity index (χ2v) is 16.7. The average Bonchev–Trinajstić information content (AvgIpc) is 4.17. The molecule has 3 aromatic heterocycles. The van der Waals surface area contributed by atoms with Crippen molar-refractivity contribution in [3.05, 3.63) is 219 Å². The summed E-state index contributed by atoms with van der Waals surface area (Å²) >= 11 is 0. The van der Waals surface area contributed by atoms with E-state index in [1.54, 1.807) is 69.9 Å². The van der Waals surface area contributed by atoms with Crippen molar-refractivity contribution in [3.63, 3.8) is 0 Å². The van der Waals surface area contributed by atoms with E-state index in [0.717, 1.165) is 44.2 Å². The fourth-order valence-electron chi connectivity index (χ4n) is 10.2. The molecule has 9 aromatic carbocycles. The van der Waals surface area contributed by atoms with Gasteiger partial charge in [-0.1, -0.05) is 121 Å². The number of ether oxygens (including phenoxy) is 4. The Morgan fingerprint density at radius 1 is 0.571 bits per heavy atom. The van der Waals surface area contributed by atoms with Gasteiger partial charge in [-0.2, -0.15) is 18.2 Å². The van der Waals surface area contributed by atoms with Crippen LogP contribution in [0.15, 0.2) is 200 Å². The van der Waals surface area contributed by atoms with Gasteiger partial charge in [-0.05, 0) is 64.3 Å². The molecular weight excluding hydrogens is 1050 g/mol. The Labute approximate surface area is 430 Å². The summed E-state index contributed by atoms with van der Waals surface area (Å²) in [6.45, 7) is -0.178. The zero-order valence-corrected chi connectivity index (χ0v) is 38.4. The van der Waals surface area contributed by atoms with Crippen LogP contribution in [0.25, 0.3) is 72.3 Å². The van der Waals surface area contributed by atoms with Gasteiger partial charge in [0.15, 0.2) is 0 Å². The van der Waals surface area contributed by atoms with E-state index in [1.165, 1.54) is 0 Å². The van der Waals surface area contributed by atoms with Crippen LogP contribution in [-0.2, 0) is 21.1 Å². The molecule has 3 aliphatic heterocycles. The third-order valence-electron chi connectivity index (χ3n) is 12.9. The number of nitrogens with zero attached hydrogens (tertiary/aromatic N) is 4. The summed E-state index contributed by atoms with van der Waals surface area (Å²) in [6.07, 6.45) is 5.15. The molecule has 0 atom stereocenters. The Morgan fingerprint density at radius 2 is 1.17 bits per heavy atom. The summed E-state index contributed by atoms with van der Waals surface area (Å²) in [6, 6.07) is 42.1. The van der Waals surface area contributed by atoms with Crippen molar-refractivity contribution in [3.8, 4) is 85.3 Å². The third-order valence-corrected chi connectivity index (χ3v) is 12.9. The summed E-state index contributed by atoms with van der Waals surface area (Å²) in [5, 5.41) is 1.73. The number of imidazole rings is 1. The molecule has 0 radical (unpaired) electrons. The van der Waals surface area contributed by atoms with E-state index < -0.39 is 60.4 Å². The van der Waals surface area contributed by atoms with Gasteiger partial charge >= 0.3 is 0 Å². The predicted molar refractivity (Wildman–Crippen MR) is 269 cm³/mol. The molecule has 0 amide bonds. The van der Waals surface area contributed by atoms with Crippen LogP contribution in [0.2, 0.25) is 0 Å². The van der Waals surface area contributed by atoms with E-state index in [4.69, 9.17) is 37.6 Å². The predicted octanol–water partition coefficient (Wildman–Crippen LogP) is 11.8. The van der Waals surface area contributed by atoms with E-state index in [-0.39, 0.29) is 55.7 Å². The smallest absolute Gasteiger partial charge is 0.270 e. The summed E-state index contributed by atoms with van der Waals surface area (Å²) in [5.41, 5.74) is 6.57. The molecule has 0 saturated carbocycles. The summed E-state index contributed by atoms with van der Waals surface area (Å²) < 4.78 is 119. The molecule has 0 saturated heterocycles. The molecule has 0 bridgehead atoms. The first kappa shape index (κ1) is 31.4. The van der Waals surface area contributed by atoms with Crippen molar-refractivity contribution in [2.45, 2.75) is 0 Å². The monoisotopic (exact) mass is 1090 g/mol. The molecule has 0 fully saturated rings. The SMILES string of the molecule is [2H]c1c([2H])c([2H])c(-c2cccc(-c3c([2H])c([2H])c([2H])c([2H])c3[2H])c2-[n+]2[c-]n(-c3[c-]c(Oc4[c-]c(-n5c6cc7c8c(c6c6cccnc65)Oc5cccc6c5B8c5c(cccc5O7)O6)ccc4)ccc3)c3ccccc32)c([2H])c1[2H].[Pt]. The van der Waals surface area contributed by atoms with E-state index in [9.17, 15) is 0 Å².